The van der Waals surface area contributed by atoms with Gasteiger partial charge < -0.3 is 10.1 Å². The van der Waals surface area contributed by atoms with E-state index in [1.54, 1.807) is 11.3 Å². The number of aryl methyl sites for hydroxylation is 2. The summed E-state index contributed by atoms with van der Waals surface area (Å²) in [6.07, 6.45) is 2.65. The van der Waals surface area contributed by atoms with Gasteiger partial charge in [0.1, 0.15) is 11.9 Å². The highest BCUT2D eigenvalue weighted by molar-refractivity contribution is 7.09. The highest BCUT2D eigenvalue weighted by atomic mass is 32.1. The van der Waals surface area contributed by atoms with Crippen LogP contribution < -0.4 is 10.1 Å². The van der Waals surface area contributed by atoms with Crippen molar-refractivity contribution in [2.24, 2.45) is 0 Å². The molecule has 0 fully saturated rings. The number of rotatable bonds is 7. The molecule has 26 heavy (non-hydrogen) atoms. The number of nitrogens with one attached hydrogen (secondary N) is 1. The SMILES string of the molecule is Cc1ccc2c(c1)CN(CCNC(=O)CCCc1cccs1)C[C@@H](C)O2. The standard InChI is InChI=1S/C21H28N2O2S/c1-16-8-9-20-18(13-16)15-23(14-17(2)25-20)11-10-22-21(24)7-3-5-19-6-4-12-26-19/h4,6,8-9,12-13,17H,3,5,7,10-11,14-15H2,1-2H3,(H,22,24)/t17-/m1/s1. The number of benzene rings is 1. The van der Waals surface area contributed by atoms with Crippen LogP contribution in [0.25, 0.3) is 0 Å². The van der Waals surface area contributed by atoms with Gasteiger partial charge in [-0.25, -0.2) is 0 Å². The molecule has 1 aliphatic heterocycles. The molecule has 0 aliphatic carbocycles. The fraction of sp³-hybridized carbons (Fsp3) is 0.476. The molecule has 0 radical (unpaired) electrons. The van der Waals surface area contributed by atoms with E-state index in [0.717, 1.165) is 38.2 Å². The van der Waals surface area contributed by atoms with Crippen molar-refractivity contribution in [3.05, 3.63) is 51.7 Å². The molecule has 4 nitrogen and oxygen atoms in total. The quantitative estimate of drug-likeness (QED) is 0.804. The fourth-order valence-electron chi connectivity index (χ4n) is 3.36. The summed E-state index contributed by atoms with van der Waals surface area (Å²) >= 11 is 1.76. The molecule has 0 bridgehead atoms. The summed E-state index contributed by atoms with van der Waals surface area (Å²) in [4.78, 5) is 15.8. The molecule has 0 spiro atoms. The number of hydrogen-bond donors (Lipinski definition) is 1. The molecule has 2 heterocycles. The zero-order chi connectivity index (χ0) is 18.4. The predicted molar refractivity (Wildman–Crippen MR) is 107 cm³/mol. The van der Waals surface area contributed by atoms with E-state index in [2.05, 4.69) is 59.8 Å². The number of carbonyl (C=O) groups excluding carboxylic acids is 1. The van der Waals surface area contributed by atoms with E-state index >= 15 is 0 Å². The second-order valence-electron chi connectivity index (χ2n) is 7.06. The molecular weight excluding hydrogens is 344 g/mol. The topological polar surface area (TPSA) is 41.6 Å². The van der Waals surface area contributed by atoms with Crippen LogP contribution in [-0.4, -0.2) is 36.5 Å². The number of thiophene rings is 1. The van der Waals surface area contributed by atoms with Crippen LogP contribution in [-0.2, 0) is 17.8 Å². The number of fused-ring (bicyclic) bond motifs is 1. The van der Waals surface area contributed by atoms with Gasteiger partial charge in [-0.15, -0.1) is 11.3 Å². The molecule has 140 valence electrons. The molecule has 1 aromatic carbocycles. The van der Waals surface area contributed by atoms with Gasteiger partial charge in [0.15, 0.2) is 0 Å². The van der Waals surface area contributed by atoms with Gasteiger partial charge in [-0.3, -0.25) is 9.69 Å². The smallest absolute Gasteiger partial charge is 0.220 e. The van der Waals surface area contributed by atoms with Crippen LogP contribution in [0.15, 0.2) is 35.7 Å². The number of hydrogen-bond acceptors (Lipinski definition) is 4. The lowest BCUT2D eigenvalue weighted by molar-refractivity contribution is -0.121. The highest BCUT2D eigenvalue weighted by Gasteiger charge is 2.20. The minimum atomic E-state index is 0.150. The molecule has 1 aromatic heterocycles. The van der Waals surface area contributed by atoms with E-state index in [1.165, 1.54) is 16.0 Å². The number of amides is 1. The Bertz CT molecular complexity index is 715. The van der Waals surface area contributed by atoms with E-state index in [4.69, 9.17) is 4.74 Å². The summed E-state index contributed by atoms with van der Waals surface area (Å²) < 4.78 is 6.03. The van der Waals surface area contributed by atoms with Gasteiger partial charge in [0.05, 0.1) is 0 Å². The molecule has 1 amide bonds. The van der Waals surface area contributed by atoms with E-state index in [-0.39, 0.29) is 12.0 Å². The second kappa shape index (κ2) is 9.19. The van der Waals surface area contributed by atoms with Crippen molar-refractivity contribution in [1.82, 2.24) is 10.2 Å². The predicted octanol–water partition coefficient (Wildman–Crippen LogP) is 3.78. The number of carbonyl (C=O) groups is 1. The largest absolute Gasteiger partial charge is 0.489 e. The van der Waals surface area contributed by atoms with Crippen LogP contribution in [0, 0.1) is 6.92 Å². The Hall–Kier alpha value is -1.85. The summed E-state index contributed by atoms with van der Waals surface area (Å²) in [6.45, 7) is 7.49. The molecule has 1 N–H and O–H groups in total. The highest BCUT2D eigenvalue weighted by Crippen LogP contribution is 2.25. The van der Waals surface area contributed by atoms with Crippen LogP contribution in [0.3, 0.4) is 0 Å². The maximum Gasteiger partial charge on any atom is 0.220 e. The van der Waals surface area contributed by atoms with E-state index < -0.39 is 0 Å². The van der Waals surface area contributed by atoms with Gasteiger partial charge in [0, 0.05) is 43.0 Å². The minimum absolute atomic E-state index is 0.150. The minimum Gasteiger partial charge on any atom is -0.489 e. The Kier molecular flexibility index (Phi) is 6.69. The van der Waals surface area contributed by atoms with E-state index in [0.29, 0.717) is 13.0 Å². The third-order valence-electron chi connectivity index (χ3n) is 4.61. The molecular formula is C21H28N2O2S. The molecule has 3 rings (SSSR count). The zero-order valence-corrected chi connectivity index (χ0v) is 16.5. The summed E-state index contributed by atoms with van der Waals surface area (Å²) in [7, 11) is 0. The van der Waals surface area contributed by atoms with Crippen molar-refractivity contribution < 1.29 is 9.53 Å². The first-order valence-electron chi connectivity index (χ1n) is 9.38. The molecule has 1 aliphatic rings. The lowest BCUT2D eigenvalue weighted by Gasteiger charge is -2.21. The molecule has 0 saturated carbocycles. The number of nitrogens with zero attached hydrogens (tertiary/aromatic N) is 1. The van der Waals surface area contributed by atoms with Gasteiger partial charge in [-0.1, -0.05) is 23.8 Å². The van der Waals surface area contributed by atoms with Crippen LogP contribution >= 0.6 is 11.3 Å². The summed E-state index contributed by atoms with van der Waals surface area (Å²) in [5.74, 6) is 1.14. The molecule has 0 unspecified atom stereocenters. The summed E-state index contributed by atoms with van der Waals surface area (Å²) in [6, 6.07) is 10.6. The van der Waals surface area contributed by atoms with Gasteiger partial charge in [-0.05, 0) is 44.2 Å². The van der Waals surface area contributed by atoms with Gasteiger partial charge in [0.2, 0.25) is 5.91 Å². The first-order valence-corrected chi connectivity index (χ1v) is 10.3. The monoisotopic (exact) mass is 372 g/mol. The lowest BCUT2D eigenvalue weighted by atomic mass is 10.1. The third-order valence-corrected chi connectivity index (χ3v) is 5.55. The summed E-state index contributed by atoms with van der Waals surface area (Å²) in [5, 5.41) is 5.15. The molecule has 0 saturated heterocycles. The fourth-order valence-corrected chi connectivity index (χ4v) is 4.11. The van der Waals surface area contributed by atoms with Crippen molar-refractivity contribution in [2.45, 2.75) is 45.8 Å². The second-order valence-corrected chi connectivity index (χ2v) is 8.09. The van der Waals surface area contributed by atoms with E-state index in [9.17, 15) is 4.79 Å². The van der Waals surface area contributed by atoms with Crippen LogP contribution in [0.5, 0.6) is 5.75 Å². The first kappa shape index (κ1) is 18.9. The average molecular weight is 373 g/mol. The van der Waals surface area contributed by atoms with Crippen molar-refractivity contribution in [1.29, 1.82) is 0 Å². The lowest BCUT2D eigenvalue weighted by Crippen LogP contribution is -2.37. The average Bonchev–Trinajstić information content (AvgIpc) is 3.05. The van der Waals surface area contributed by atoms with Gasteiger partial charge >= 0.3 is 0 Å². The molecule has 5 heteroatoms. The Morgan fingerprint density at radius 3 is 3.08 bits per heavy atom. The number of ether oxygens (including phenoxy) is 1. The Labute approximate surface area is 160 Å². The third kappa shape index (κ3) is 5.58. The van der Waals surface area contributed by atoms with Crippen LogP contribution in [0.4, 0.5) is 0 Å². The maximum absolute atomic E-state index is 12.0. The van der Waals surface area contributed by atoms with Crippen LogP contribution in [0.1, 0.15) is 35.8 Å². The molecule has 1 atom stereocenters. The normalized spacial score (nSPS) is 17.2. The van der Waals surface area contributed by atoms with E-state index in [1.807, 2.05) is 0 Å². The maximum atomic E-state index is 12.0. The first-order chi connectivity index (χ1) is 12.6. The van der Waals surface area contributed by atoms with Gasteiger partial charge in [0.25, 0.3) is 0 Å². The zero-order valence-electron chi connectivity index (χ0n) is 15.7. The van der Waals surface area contributed by atoms with Crippen molar-refractivity contribution in [2.75, 3.05) is 19.6 Å². The molecule has 2 aromatic rings. The Morgan fingerprint density at radius 1 is 1.38 bits per heavy atom. The van der Waals surface area contributed by atoms with Crippen molar-refractivity contribution in [3.63, 3.8) is 0 Å². The van der Waals surface area contributed by atoms with Crippen molar-refractivity contribution >= 4 is 17.2 Å². The Balaban J connectivity index is 1.41. The van der Waals surface area contributed by atoms with Gasteiger partial charge in [-0.2, -0.15) is 0 Å². The van der Waals surface area contributed by atoms with Crippen molar-refractivity contribution in [3.8, 4) is 5.75 Å². The summed E-state index contributed by atoms with van der Waals surface area (Å²) in [5.41, 5.74) is 2.48. The van der Waals surface area contributed by atoms with Crippen LogP contribution in [0.2, 0.25) is 0 Å². The Morgan fingerprint density at radius 2 is 2.27 bits per heavy atom.